The first-order valence-electron chi connectivity index (χ1n) is 8.25. The predicted molar refractivity (Wildman–Crippen MR) is 84.5 cm³/mol. The Kier molecular flexibility index (Phi) is 4.74. The van der Waals surface area contributed by atoms with Crippen molar-refractivity contribution in [1.29, 1.82) is 0 Å². The summed E-state index contributed by atoms with van der Waals surface area (Å²) in [5.74, 6) is 0.626. The number of hydrogen-bond donors (Lipinski definition) is 0. The topological polar surface area (TPSA) is 45.7 Å². The molecule has 2 saturated heterocycles. The van der Waals surface area contributed by atoms with E-state index in [9.17, 15) is 4.79 Å². The Labute approximate surface area is 132 Å². The summed E-state index contributed by atoms with van der Waals surface area (Å²) in [5, 5.41) is 0. The molecule has 0 aliphatic carbocycles. The summed E-state index contributed by atoms with van der Waals surface area (Å²) in [6.45, 7) is 8.69. The number of carbonyl (C=O) groups excluding carboxylic acids is 1. The van der Waals surface area contributed by atoms with E-state index in [1.807, 2.05) is 23.1 Å². The number of pyridine rings is 1. The van der Waals surface area contributed by atoms with E-state index >= 15 is 0 Å². The van der Waals surface area contributed by atoms with Crippen molar-refractivity contribution in [2.24, 2.45) is 5.92 Å². The van der Waals surface area contributed by atoms with E-state index in [4.69, 9.17) is 4.74 Å². The second-order valence-electron chi connectivity index (χ2n) is 6.10. The van der Waals surface area contributed by atoms with Gasteiger partial charge in [0.05, 0.1) is 25.7 Å². The SMILES string of the molecule is CCN(CC)[C@@H]1CN(C(=O)Cc2ccccn2)[C@@H]2COC[C@H]12. The zero-order valence-electron chi connectivity index (χ0n) is 13.4. The molecule has 0 spiro atoms. The Bertz CT molecular complexity index is 504. The van der Waals surface area contributed by atoms with Gasteiger partial charge in [-0.05, 0) is 25.2 Å². The van der Waals surface area contributed by atoms with Crippen molar-refractivity contribution in [1.82, 2.24) is 14.8 Å². The number of amides is 1. The van der Waals surface area contributed by atoms with Crippen LogP contribution in [0.3, 0.4) is 0 Å². The van der Waals surface area contributed by atoms with Crippen LogP contribution in [0.4, 0.5) is 0 Å². The number of fused-ring (bicyclic) bond motifs is 1. The summed E-state index contributed by atoms with van der Waals surface area (Å²) >= 11 is 0. The highest BCUT2D eigenvalue weighted by atomic mass is 16.5. The fourth-order valence-electron chi connectivity index (χ4n) is 3.85. The zero-order chi connectivity index (χ0) is 15.5. The van der Waals surface area contributed by atoms with Gasteiger partial charge in [-0.3, -0.25) is 14.7 Å². The molecule has 2 fully saturated rings. The normalized spacial score (nSPS) is 27.4. The molecule has 22 heavy (non-hydrogen) atoms. The first-order valence-corrected chi connectivity index (χ1v) is 8.25. The highest BCUT2D eigenvalue weighted by Gasteiger charge is 2.48. The van der Waals surface area contributed by atoms with E-state index < -0.39 is 0 Å². The Morgan fingerprint density at radius 2 is 2.18 bits per heavy atom. The van der Waals surface area contributed by atoms with Gasteiger partial charge in [-0.15, -0.1) is 0 Å². The van der Waals surface area contributed by atoms with Crippen molar-refractivity contribution in [3.63, 3.8) is 0 Å². The van der Waals surface area contributed by atoms with Crippen LogP contribution in [-0.2, 0) is 16.0 Å². The Balaban J connectivity index is 1.72. The van der Waals surface area contributed by atoms with Crippen molar-refractivity contribution < 1.29 is 9.53 Å². The molecule has 0 bridgehead atoms. The van der Waals surface area contributed by atoms with Crippen LogP contribution < -0.4 is 0 Å². The average Bonchev–Trinajstić information content (AvgIpc) is 3.13. The Morgan fingerprint density at radius 3 is 2.86 bits per heavy atom. The molecule has 1 aromatic rings. The van der Waals surface area contributed by atoms with Crippen LogP contribution >= 0.6 is 0 Å². The molecule has 1 amide bonds. The summed E-state index contributed by atoms with van der Waals surface area (Å²) < 4.78 is 5.68. The fourth-order valence-corrected chi connectivity index (χ4v) is 3.85. The van der Waals surface area contributed by atoms with E-state index in [2.05, 4.69) is 23.7 Å². The number of likely N-dealkylation sites (N-methyl/N-ethyl adjacent to an activating group) is 1. The molecule has 3 atom stereocenters. The number of likely N-dealkylation sites (tertiary alicyclic amines) is 1. The molecule has 0 saturated carbocycles. The fraction of sp³-hybridized carbons (Fsp3) is 0.647. The van der Waals surface area contributed by atoms with Crippen molar-refractivity contribution in [2.45, 2.75) is 32.4 Å². The molecule has 3 rings (SSSR count). The van der Waals surface area contributed by atoms with Gasteiger partial charge in [0.15, 0.2) is 0 Å². The maximum atomic E-state index is 12.7. The van der Waals surface area contributed by atoms with Gasteiger partial charge in [-0.25, -0.2) is 0 Å². The van der Waals surface area contributed by atoms with Gasteiger partial charge in [-0.1, -0.05) is 19.9 Å². The van der Waals surface area contributed by atoms with Crippen LogP contribution in [0.25, 0.3) is 0 Å². The number of rotatable bonds is 5. The minimum atomic E-state index is 0.175. The van der Waals surface area contributed by atoms with Gasteiger partial charge < -0.3 is 9.64 Å². The van der Waals surface area contributed by atoms with Crippen LogP contribution in [0.5, 0.6) is 0 Å². The lowest BCUT2D eigenvalue weighted by Gasteiger charge is -2.29. The molecule has 0 N–H and O–H groups in total. The largest absolute Gasteiger partial charge is 0.379 e. The lowest BCUT2D eigenvalue weighted by atomic mass is 9.98. The maximum Gasteiger partial charge on any atom is 0.228 e. The summed E-state index contributed by atoms with van der Waals surface area (Å²) in [5.41, 5.74) is 0.842. The third kappa shape index (κ3) is 2.88. The summed E-state index contributed by atoms with van der Waals surface area (Å²) in [6.07, 6.45) is 2.13. The van der Waals surface area contributed by atoms with Crippen LogP contribution in [0, 0.1) is 5.92 Å². The summed E-state index contributed by atoms with van der Waals surface area (Å²) in [4.78, 5) is 21.5. The number of nitrogens with zero attached hydrogens (tertiary/aromatic N) is 3. The lowest BCUT2D eigenvalue weighted by molar-refractivity contribution is -0.131. The molecular formula is C17H25N3O2. The molecule has 0 unspecified atom stereocenters. The smallest absolute Gasteiger partial charge is 0.228 e. The van der Waals surface area contributed by atoms with E-state index in [0.29, 0.717) is 25.0 Å². The molecule has 0 aromatic carbocycles. The second kappa shape index (κ2) is 6.75. The number of carbonyl (C=O) groups is 1. The van der Waals surface area contributed by atoms with Crippen LogP contribution in [-0.4, -0.2) is 65.6 Å². The minimum Gasteiger partial charge on any atom is -0.379 e. The van der Waals surface area contributed by atoms with Gasteiger partial charge in [0.1, 0.15) is 0 Å². The highest BCUT2D eigenvalue weighted by Crippen LogP contribution is 2.33. The number of aromatic nitrogens is 1. The second-order valence-corrected chi connectivity index (χ2v) is 6.10. The lowest BCUT2D eigenvalue weighted by Crippen LogP contribution is -2.42. The molecule has 120 valence electrons. The predicted octanol–water partition coefficient (Wildman–Crippen LogP) is 1.19. The standard InChI is InChI=1S/C17H25N3O2/c1-3-19(4-2)15-10-20(16-12-22-11-14(15)16)17(21)9-13-7-5-6-8-18-13/h5-8,14-16H,3-4,9-12H2,1-2H3/t14-,15-,16-/m1/s1. The van der Waals surface area contributed by atoms with Gasteiger partial charge >= 0.3 is 0 Å². The van der Waals surface area contributed by atoms with Gasteiger partial charge in [0, 0.05) is 30.4 Å². The van der Waals surface area contributed by atoms with Crippen molar-refractivity contribution in [2.75, 3.05) is 32.8 Å². The first kappa shape index (κ1) is 15.4. The Morgan fingerprint density at radius 1 is 1.36 bits per heavy atom. The third-order valence-electron chi connectivity index (χ3n) is 5.03. The van der Waals surface area contributed by atoms with E-state index in [1.54, 1.807) is 6.20 Å². The average molecular weight is 303 g/mol. The van der Waals surface area contributed by atoms with Gasteiger partial charge in [0.2, 0.25) is 5.91 Å². The molecule has 3 heterocycles. The third-order valence-corrected chi connectivity index (χ3v) is 5.03. The van der Waals surface area contributed by atoms with E-state index in [-0.39, 0.29) is 11.9 Å². The van der Waals surface area contributed by atoms with Crippen LogP contribution in [0.1, 0.15) is 19.5 Å². The minimum absolute atomic E-state index is 0.175. The molecular weight excluding hydrogens is 278 g/mol. The quantitative estimate of drug-likeness (QED) is 0.820. The number of hydrogen-bond acceptors (Lipinski definition) is 4. The highest BCUT2D eigenvalue weighted by molar-refractivity contribution is 5.79. The van der Waals surface area contributed by atoms with Crippen molar-refractivity contribution in [3.8, 4) is 0 Å². The maximum absolute atomic E-state index is 12.7. The van der Waals surface area contributed by atoms with Gasteiger partial charge in [-0.2, -0.15) is 0 Å². The molecule has 0 radical (unpaired) electrons. The molecule has 2 aliphatic rings. The zero-order valence-corrected chi connectivity index (χ0v) is 13.4. The van der Waals surface area contributed by atoms with Crippen LogP contribution in [0.2, 0.25) is 0 Å². The monoisotopic (exact) mass is 303 g/mol. The molecule has 5 nitrogen and oxygen atoms in total. The molecule has 1 aromatic heterocycles. The van der Waals surface area contributed by atoms with Crippen molar-refractivity contribution in [3.05, 3.63) is 30.1 Å². The van der Waals surface area contributed by atoms with Gasteiger partial charge in [0.25, 0.3) is 0 Å². The number of ether oxygens (including phenoxy) is 1. The molecule has 2 aliphatic heterocycles. The molecule has 5 heteroatoms. The summed E-state index contributed by atoms with van der Waals surface area (Å²) in [6, 6.07) is 6.39. The van der Waals surface area contributed by atoms with Crippen molar-refractivity contribution >= 4 is 5.91 Å². The van der Waals surface area contributed by atoms with Crippen LogP contribution in [0.15, 0.2) is 24.4 Å². The van der Waals surface area contributed by atoms with E-state index in [0.717, 1.165) is 31.9 Å². The summed E-state index contributed by atoms with van der Waals surface area (Å²) in [7, 11) is 0. The first-order chi connectivity index (χ1) is 10.7. The Hall–Kier alpha value is -1.46. The van der Waals surface area contributed by atoms with E-state index in [1.165, 1.54) is 0 Å².